The lowest BCUT2D eigenvalue weighted by Crippen LogP contribution is -2.11. The molecule has 0 atom stereocenters. The van der Waals surface area contributed by atoms with Gasteiger partial charge >= 0.3 is 0 Å². The van der Waals surface area contributed by atoms with Gasteiger partial charge in [0.15, 0.2) is 10.8 Å². The lowest BCUT2D eigenvalue weighted by molar-refractivity contribution is 0.103. The van der Waals surface area contributed by atoms with Gasteiger partial charge in [0, 0.05) is 33.5 Å². The van der Waals surface area contributed by atoms with Crippen molar-refractivity contribution in [2.45, 2.75) is 6.54 Å². The summed E-state index contributed by atoms with van der Waals surface area (Å²) in [6.07, 6.45) is 0. The molecule has 2 heterocycles. The van der Waals surface area contributed by atoms with Gasteiger partial charge in [-0.3, -0.25) is 4.79 Å². The molecular weight excluding hydrogens is 415 g/mol. The van der Waals surface area contributed by atoms with Crippen LogP contribution in [0.25, 0.3) is 0 Å². The summed E-state index contributed by atoms with van der Waals surface area (Å²) in [4.78, 5) is 13.1. The van der Waals surface area contributed by atoms with Crippen LogP contribution in [0.5, 0.6) is 0 Å². The molecule has 0 unspecified atom stereocenters. The summed E-state index contributed by atoms with van der Waals surface area (Å²) >= 11 is 14.1. The van der Waals surface area contributed by atoms with Crippen molar-refractivity contribution in [3.8, 4) is 0 Å². The minimum atomic E-state index is -0.196. The van der Waals surface area contributed by atoms with Crippen molar-refractivity contribution in [3.63, 3.8) is 0 Å². The standard InChI is InChI=1S/C20H16Cl2N4OS/c21-14-7-4-8-15(9-14)23-17-12-28-11-16(17)19(27)18-20(22)26(25-24-18)10-13-5-2-1-3-6-13/h1-9,23H,10-12H2. The third-order valence-corrected chi connectivity index (χ3v) is 5.91. The average molecular weight is 431 g/mol. The molecule has 0 amide bonds. The molecule has 1 aromatic heterocycles. The highest BCUT2D eigenvalue weighted by molar-refractivity contribution is 8.00. The maximum absolute atomic E-state index is 13.1. The number of rotatable bonds is 6. The number of halogens is 2. The predicted octanol–water partition coefficient (Wildman–Crippen LogP) is 4.93. The number of carbonyl (C=O) groups excluding carboxylic acids is 1. The number of benzene rings is 2. The van der Waals surface area contributed by atoms with E-state index in [1.807, 2.05) is 48.5 Å². The Balaban J connectivity index is 1.58. The summed E-state index contributed by atoms with van der Waals surface area (Å²) in [5.74, 6) is 1.12. The number of aromatic nitrogens is 3. The lowest BCUT2D eigenvalue weighted by atomic mass is 10.1. The van der Waals surface area contributed by atoms with Crippen molar-refractivity contribution < 1.29 is 4.79 Å². The molecule has 0 radical (unpaired) electrons. The summed E-state index contributed by atoms with van der Waals surface area (Å²) < 4.78 is 1.54. The summed E-state index contributed by atoms with van der Waals surface area (Å²) in [5, 5.41) is 12.3. The summed E-state index contributed by atoms with van der Waals surface area (Å²) in [6, 6.07) is 17.2. The molecule has 1 aliphatic heterocycles. The minimum Gasteiger partial charge on any atom is -0.358 e. The smallest absolute Gasteiger partial charge is 0.215 e. The summed E-state index contributed by atoms with van der Waals surface area (Å²) in [7, 11) is 0. The third kappa shape index (κ3) is 4.09. The largest absolute Gasteiger partial charge is 0.358 e. The Morgan fingerprint density at radius 2 is 1.93 bits per heavy atom. The van der Waals surface area contributed by atoms with E-state index in [1.165, 1.54) is 4.68 Å². The first-order chi connectivity index (χ1) is 13.6. The number of hydrogen-bond donors (Lipinski definition) is 1. The minimum absolute atomic E-state index is 0.181. The second-order valence-electron chi connectivity index (χ2n) is 6.29. The second kappa shape index (κ2) is 8.39. The zero-order valence-corrected chi connectivity index (χ0v) is 17.1. The first-order valence-electron chi connectivity index (χ1n) is 8.62. The second-order valence-corrected chi connectivity index (χ2v) is 8.07. The topological polar surface area (TPSA) is 59.8 Å². The van der Waals surface area contributed by atoms with Gasteiger partial charge in [-0.1, -0.05) is 64.8 Å². The SMILES string of the molecule is O=C(C1=C(Nc2cccc(Cl)c2)CSC1)c1nnn(Cc2ccccc2)c1Cl. The number of anilines is 1. The van der Waals surface area contributed by atoms with Crippen molar-refractivity contribution in [1.29, 1.82) is 0 Å². The van der Waals surface area contributed by atoms with Crippen molar-refractivity contribution in [2.24, 2.45) is 0 Å². The molecule has 1 N–H and O–H groups in total. The molecule has 1 aliphatic rings. The number of carbonyl (C=O) groups is 1. The van der Waals surface area contributed by atoms with Crippen LogP contribution in [-0.2, 0) is 6.54 Å². The van der Waals surface area contributed by atoms with E-state index in [-0.39, 0.29) is 16.6 Å². The first-order valence-corrected chi connectivity index (χ1v) is 10.5. The Labute approximate surface area is 176 Å². The van der Waals surface area contributed by atoms with Crippen LogP contribution in [0, 0.1) is 0 Å². The molecule has 4 rings (SSSR count). The summed E-state index contributed by atoms with van der Waals surface area (Å²) in [6.45, 7) is 0.460. The Morgan fingerprint density at radius 3 is 2.71 bits per heavy atom. The molecule has 142 valence electrons. The maximum Gasteiger partial charge on any atom is 0.215 e. The zero-order chi connectivity index (χ0) is 19.5. The van der Waals surface area contributed by atoms with Crippen molar-refractivity contribution in [3.05, 3.63) is 87.3 Å². The number of hydrogen-bond acceptors (Lipinski definition) is 5. The van der Waals surface area contributed by atoms with Gasteiger partial charge in [0.25, 0.3) is 0 Å². The van der Waals surface area contributed by atoms with Crippen molar-refractivity contribution in [1.82, 2.24) is 15.0 Å². The van der Waals surface area contributed by atoms with Crippen LogP contribution in [0.15, 0.2) is 65.9 Å². The van der Waals surface area contributed by atoms with Crippen LogP contribution in [0.3, 0.4) is 0 Å². The molecule has 0 saturated carbocycles. The van der Waals surface area contributed by atoms with E-state index in [2.05, 4.69) is 15.6 Å². The lowest BCUT2D eigenvalue weighted by Gasteiger charge is -2.09. The van der Waals surface area contributed by atoms with Crippen LogP contribution < -0.4 is 5.32 Å². The highest BCUT2D eigenvalue weighted by Gasteiger charge is 2.27. The Hall–Kier alpha value is -2.28. The quantitative estimate of drug-likeness (QED) is 0.561. The Morgan fingerprint density at radius 1 is 1.11 bits per heavy atom. The van der Waals surface area contributed by atoms with E-state index in [9.17, 15) is 4.79 Å². The number of Topliss-reactive ketones (excluding diaryl/α,β-unsaturated/α-hetero) is 1. The fourth-order valence-corrected chi connectivity index (χ4v) is 4.39. The van der Waals surface area contributed by atoms with E-state index in [4.69, 9.17) is 23.2 Å². The first kappa shape index (κ1) is 19.1. The molecule has 3 aromatic rings. The Kier molecular flexibility index (Phi) is 5.71. The average Bonchev–Trinajstić information content (AvgIpc) is 3.29. The van der Waals surface area contributed by atoms with Crippen molar-refractivity contribution in [2.75, 3.05) is 16.8 Å². The monoisotopic (exact) mass is 430 g/mol. The molecule has 0 spiro atoms. The molecule has 0 saturated heterocycles. The van der Waals surface area contributed by atoms with Gasteiger partial charge in [0.1, 0.15) is 0 Å². The van der Waals surface area contributed by atoms with Gasteiger partial charge < -0.3 is 5.32 Å². The van der Waals surface area contributed by atoms with E-state index < -0.39 is 0 Å². The number of nitrogens with one attached hydrogen (secondary N) is 1. The van der Waals surface area contributed by atoms with Gasteiger partial charge in [0.05, 0.1) is 6.54 Å². The predicted molar refractivity (Wildman–Crippen MR) is 114 cm³/mol. The molecule has 5 nitrogen and oxygen atoms in total. The van der Waals surface area contributed by atoms with Gasteiger partial charge in [-0.25, -0.2) is 4.68 Å². The van der Waals surface area contributed by atoms with E-state index in [1.54, 1.807) is 17.8 Å². The maximum atomic E-state index is 13.1. The van der Waals surface area contributed by atoms with Crippen LogP contribution in [0.1, 0.15) is 16.1 Å². The molecule has 2 aromatic carbocycles. The summed E-state index contributed by atoms with van der Waals surface area (Å²) in [5.41, 5.74) is 3.58. The molecule has 0 bridgehead atoms. The van der Waals surface area contributed by atoms with Crippen LogP contribution in [0.4, 0.5) is 5.69 Å². The van der Waals surface area contributed by atoms with Crippen LogP contribution >= 0.6 is 35.0 Å². The van der Waals surface area contributed by atoms with Crippen LogP contribution in [0.2, 0.25) is 10.2 Å². The number of ketones is 1. The van der Waals surface area contributed by atoms with Crippen LogP contribution in [-0.4, -0.2) is 32.3 Å². The molecule has 0 aliphatic carbocycles. The van der Waals surface area contributed by atoms with E-state index in [0.29, 0.717) is 28.6 Å². The fourth-order valence-electron chi connectivity index (χ4n) is 2.92. The van der Waals surface area contributed by atoms with E-state index in [0.717, 1.165) is 16.9 Å². The molecule has 0 fully saturated rings. The van der Waals surface area contributed by atoms with Gasteiger partial charge in [0.2, 0.25) is 5.78 Å². The molecule has 8 heteroatoms. The Bertz CT molecular complexity index is 1050. The number of thioether (sulfide) groups is 1. The fraction of sp³-hybridized carbons (Fsp3) is 0.150. The zero-order valence-electron chi connectivity index (χ0n) is 14.7. The van der Waals surface area contributed by atoms with E-state index >= 15 is 0 Å². The number of nitrogens with zero attached hydrogens (tertiary/aromatic N) is 3. The normalized spacial score (nSPS) is 13.8. The molecule has 28 heavy (non-hydrogen) atoms. The highest BCUT2D eigenvalue weighted by atomic mass is 35.5. The van der Waals surface area contributed by atoms with Crippen molar-refractivity contribution >= 4 is 46.4 Å². The van der Waals surface area contributed by atoms with Gasteiger partial charge in [-0.2, -0.15) is 11.8 Å². The van der Waals surface area contributed by atoms with Gasteiger partial charge in [-0.15, -0.1) is 5.10 Å². The highest BCUT2D eigenvalue weighted by Crippen LogP contribution is 2.30. The van der Waals surface area contributed by atoms with Gasteiger partial charge in [-0.05, 0) is 23.8 Å². The third-order valence-electron chi connectivity index (χ3n) is 4.32. The molecular formula is C20H16Cl2N4OS.